The topological polar surface area (TPSA) is 84.5 Å². The van der Waals surface area contributed by atoms with Gasteiger partial charge in [0.15, 0.2) is 0 Å². The van der Waals surface area contributed by atoms with Crippen LogP contribution in [0.2, 0.25) is 0 Å². The minimum Gasteiger partial charge on any atom is -0.494 e. The van der Waals surface area contributed by atoms with Crippen LogP contribution in [0.15, 0.2) is 77.7 Å². The highest BCUT2D eigenvalue weighted by atomic mass is 32.2. The molecule has 162 valence electrons. The molecular weight excluding hydrogens is 412 g/mol. The van der Waals surface area contributed by atoms with Crippen molar-refractivity contribution < 1.29 is 17.9 Å². The molecule has 2 N–H and O–H groups in total. The second-order valence-electron chi connectivity index (χ2n) is 7.09. The van der Waals surface area contributed by atoms with Crippen LogP contribution in [0.1, 0.15) is 41.4 Å². The molecule has 6 nitrogen and oxygen atoms in total. The molecule has 7 heteroatoms. The summed E-state index contributed by atoms with van der Waals surface area (Å²) in [6, 6.07) is 20.4. The van der Waals surface area contributed by atoms with Crippen molar-refractivity contribution >= 4 is 21.6 Å². The summed E-state index contributed by atoms with van der Waals surface area (Å²) in [6.07, 6.45) is 0. The van der Waals surface area contributed by atoms with E-state index in [4.69, 9.17) is 4.74 Å². The zero-order valence-corrected chi connectivity index (χ0v) is 18.6. The summed E-state index contributed by atoms with van der Waals surface area (Å²) < 4.78 is 33.3. The number of hydrogen-bond donors (Lipinski definition) is 2. The Bertz CT molecular complexity index is 1140. The van der Waals surface area contributed by atoms with Crippen LogP contribution in [0.25, 0.3) is 0 Å². The van der Waals surface area contributed by atoms with Gasteiger partial charge < -0.3 is 10.1 Å². The fourth-order valence-electron chi connectivity index (χ4n) is 3.17. The summed E-state index contributed by atoms with van der Waals surface area (Å²) in [5.41, 5.74) is 2.27. The third kappa shape index (κ3) is 5.44. The molecule has 1 unspecified atom stereocenters. The molecule has 3 aromatic carbocycles. The first-order chi connectivity index (χ1) is 14.8. The van der Waals surface area contributed by atoms with Crippen LogP contribution < -0.4 is 14.8 Å². The van der Waals surface area contributed by atoms with Crippen molar-refractivity contribution in [2.45, 2.75) is 31.7 Å². The highest BCUT2D eigenvalue weighted by Gasteiger charge is 2.19. The Kier molecular flexibility index (Phi) is 6.97. The van der Waals surface area contributed by atoms with E-state index in [2.05, 4.69) is 10.0 Å². The number of amides is 1. The van der Waals surface area contributed by atoms with Gasteiger partial charge in [-0.2, -0.15) is 0 Å². The molecule has 3 rings (SSSR count). The summed E-state index contributed by atoms with van der Waals surface area (Å²) in [5, 5.41) is 2.97. The highest BCUT2D eigenvalue weighted by Crippen LogP contribution is 2.24. The van der Waals surface area contributed by atoms with Crippen molar-refractivity contribution in [1.82, 2.24) is 5.32 Å². The molecule has 0 aliphatic rings. The van der Waals surface area contributed by atoms with Gasteiger partial charge in [-0.1, -0.05) is 36.4 Å². The predicted molar refractivity (Wildman–Crippen MR) is 122 cm³/mol. The van der Waals surface area contributed by atoms with Crippen LogP contribution in [0, 0.1) is 6.92 Å². The monoisotopic (exact) mass is 438 g/mol. The van der Waals surface area contributed by atoms with E-state index in [1.807, 2.05) is 38.1 Å². The third-order valence-electron chi connectivity index (χ3n) is 4.91. The Morgan fingerprint density at radius 1 is 0.968 bits per heavy atom. The fraction of sp³-hybridized carbons (Fsp3) is 0.208. The Morgan fingerprint density at radius 3 is 2.29 bits per heavy atom. The lowest BCUT2D eigenvalue weighted by Gasteiger charge is -2.17. The number of ether oxygens (including phenoxy) is 1. The molecule has 0 radical (unpaired) electrons. The maximum absolute atomic E-state index is 12.9. The summed E-state index contributed by atoms with van der Waals surface area (Å²) in [4.78, 5) is 13.1. The molecule has 0 aromatic heterocycles. The molecule has 0 spiro atoms. The molecule has 31 heavy (non-hydrogen) atoms. The predicted octanol–water partition coefficient (Wildman–Crippen LogP) is 4.69. The molecule has 0 heterocycles. The quantitative estimate of drug-likeness (QED) is 0.535. The number of rotatable bonds is 8. The van der Waals surface area contributed by atoms with Crippen molar-refractivity contribution in [3.63, 3.8) is 0 Å². The van der Waals surface area contributed by atoms with Gasteiger partial charge in [0.05, 0.1) is 23.2 Å². The number of benzene rings is 3. The van der Waals surface area contributed by atoms with Crippen LogP contribution in [-0.2, 0) is 10.0 Å². The van der Waals surface area contributed by atoms with Gasteiger partial charge in [-0.3, -0.25) is 9.52 Å². The van der Waals surface area contributed by atoms with E-state index in [0.29, 0.717) is 23.4 Å². The summed E-state index contributed by atoms with van der Waals surface area (Å²) in [6.45, 7) is 6.13. The largest absolute Gasteiger partial charge is 0.494 e. The van der Waals surface area contributed by atoms with Gasteiger partial charge in [-0.25, -0.2) is 8.42 Å². The van der Waals surface area contributed by atoms with E-state index >= 15 is 0 Å². The van der Waals surface area contributed by atoms with E-state index < -0.39 is 10.0 Å². The molecule has 1 atom stereocenters. The standard InChI is InChI=1S/C24H26N2O4S/c1-4-30-20-15-13-19(14-16-20)18(3)25-24(27)22-11-8-12-23(17(22)2)26-31(28,29)21-9-6-5-7-10-21/h5-16,18,26H,4H2,1-3H3,(H,25,27). The van der Waals surface area contributed by atoms with E-state index in [1.165, 1.54) is 12.1 Å². The van der Waals surface area contributed by atoms with Gasteiger partial charge in [0.1, 0.15) is 5.75 Å². The Balaban J connectivity index is 1.76. The van der Waals surface area contributed by atoms with Gasteiger partial charge in [-0.05, 0) is 68.3 Å². The van der Waals surface area contributed by atoms with E-state index in [1.54, 1.807) is 43.3 Å². The lowest BCUT2D eigenvalue weighted by atomic mass is 10.0. The molecule has 0 fully saturated rings. The Hall–Kier alpha value is -3.32. The van der Waals surface area contributed by atoms with Crippen LogP contribution in [0.4, 0.5) is 5.69 Å². The van der Waals surface area contributed by atoms with Crippen LogP contribution in [0.3, 0.4) is 0 Å². The maximum atomic E-state index is 12.9. The molecule has 0 bridgehead atoms. The molecule has 0 aliphatic heterocycles. The van der Waals surface area contributed by atoms with E-state index in [9.17, 15) is 13.2 Å². The first kappa shape index (κ1) is 22.4. The van der Waals surface area contributed by atoms with Crippen LogP contribution in [-0.4, -0.2) is 20.9 Å². The van der Waals surface area contributed by atoms with Crippen molar-refractivity contribution in [2.75, 3.05) is 11.3 Å². The number of anilines is 1. The normalized spacial score (nSPS) is 12.1. The van der Waals surface area contributed by atoms with Crippen molar-refractivity contribution in [1.29, 1.82) is 0 Å². The number of carbonyl (C=O) groups is 1. The van der Waals surface area contributed by atoms with Crippen molar-refractivity contribution in [3.8, 4) is 5.75 Å². The number of sulfonamides is 1. The average molecular weight is 439 g/mol. The maximum Gasteiger partial charge on any atom is 0.261 e. The lowest BCUT2D eigenvalue weighted by Crippen LogP contribution is -2.27. The molecule has 1 amide bonds. The highest BCUT2D eigenvalue weighted by molar-refractivity contribution is 7.92. The molecule has 0 saturated heterocycles. The van der Waals surface area contributed by atoms with E-state index in [0.717, 1.165) is 11.3 Å². The second kappa shape index (κ2) is 9.66. The van der Waals surface area contributed by atoms with E-state index in [-0.39, 0.29) is 16.8 Å². The van der Waals surface area contributed by atoms with Crippen molar-refractivity contribution in [2.24, 2.45) is 0 Å². The van der Waals surface area contributed by atoms with Gasteiger partial charge in [0, 0.05) is 5.56 Å². The average Bonchev–Trinajstić information content (AvgIpc) is 2.76. The number of nitrogens with one attached hydrogen (secondary N) is 2. The lowest BCUT2D eigenvalue weighted by molar-refractivity contribution is 0.0939. The van der Waals surface area contributed by atoms with Crippen LogP contribution >= 0.6 is 0 Å². The first-order valence-corrected chi connectivity index (χ1v) is 11.5. The zero-order valence-electron chi connectivity index (χ0n) is 17.8. The summed E-state index contributed by atoms with van der Waals surface area (Å²) in [7, 11) is -3.75. The molecule has 0 saturated carbocycles. The number of carbonyl (C=O) groups excluding carboxylic acids is 1. The Morgan fingerprint density at radius 2 is 1.65 bits per heavy atom. The summed E-state index contributed by atoms with van der Waals surface area (Å²) in [5.74, 6) is 0.499. The number of hydrogen-bond acceptors (Lipinski definition) is 4. The van der Waals surface area contributed by atoms with Gasteiger partial charge in [-0.15, -0.1) is 0 Å². The molecule has 0 aliphatic carbocycles. The summed E-state index contributed by atoms with van der Waals surface area (Å²) >= 11 is 0. The smallest absolute Gasteiger partial charge is 0.261 e. The first-order valence-electron chi connectivity index (χ1n) is 10.0. The zero-order chi connectivity index (χ0) is 22.4. The van der Waals surface area contributed by atoms with Gasteiger partial charge >= 0.3 is 0 Å². The van der Waals surface area contributed by atoms with Gasteiger partial charge in [0.2, 0.25) is 0 Å². The molecular formula is C24H26N2O4S. The SMILES string of the molecule is CCOc1ccc(C(C)NC(=O)c2cccc(NS(=O)(=O)c3ccccc3)c2C)cc1. The Labute approximate surface area is 183 Å². The minimum absolute atomic E-state index is 0.161. The van der Waals surface area contributed by atoms with Crippen molar-refractivity contribution in [3.05, 3.63) is 89.5 Å². The third-order valence-corrected chi connectivity index (χ3v) is 6.30. The molecule has 3 aromatic rings. The van der Waals surface area contributed by atoms with Gasteiger partial charge in [0.25, 0.3) is 15.9 Å². The second-order valence-corrected chi connectivity index (χ2v) is 8.78. The van der Waals surface area contributed by atoms with Crippen LogP contribution in [0.5, 0.6) is 5.75 Å². The minimum atomic E-state index is -3.75. The fourth-order valence-corrected chi connectivity index (χ4v) is 4.32.